The molecule has 0 saturated carbocycles. The van der Waals surface area contributed by atoms with Crippen LogP contribution in [-0.2, 0) is 17.5 Å². The van der Waals surface area contributed by atoms with Crippen molar-refractivity contribution in [3.63, 3.8) is 0 Å². The minimum Gasteiger partial charge on any atom is -0.477 e. The summed E-state index contributed by atoms with van der Waals surface area (Å²) in [7, 11) is -1.26. The lowest BCUT2D eigenvalue weighted by molar-refractivity contribution is 0.230. The average Bonchev–Trinajstić information content (AvgIpc) is 2.71. The molecule has 1 aliphatic heterocycles. The van der Waals surface area contributed by atoms with Crippen molar-refractivity contribution in [2.24, 2.45) is 4.40 Å². The van der Waals surface area contributed by atoms with Crippen LogP contribution in [0.4, 0.5) is 0 Å². The van der Waals surface area contributed by atoms with Gasteiger partial charge in [0.15, 0.2) is 0 Å². The molecule has 0 aromatic carbocycles. The second kappa shape index (κ2) is 4.84. The number of hydrogen-bond acceptors (Lipinski definition) is 3. The minimum absolute atomic E-state index is 0.352. The van der Waals surface area contributed by atoms with Crippen LogP contribution in [0.5, 0.6) is 5.88 Å². The summed E-state index contributed by atoms with van der Waals surface area (Å²) in [5.41, 5.74) is 1.55. The lowest BCUT2D eigenvalue weighted by atomic mass is 10.2. The molecule has 1 atom stereocenters. The Morgan fingerprint density at radius 3 is 2.94 bits per heavy atom. The molecule has 0 fully saturated rings. The molecule has 6 heteroatoms. The second-order valence-electron chi connectivity index (χ2n) is 5.33. The molecule has 1 aromatic rings. The van der Waals surface area contributed by atoms with Gasteiger partial charge in [-0.1, -0.05) is 0 Å². The fraction of sp³-hybridized carbons (Fsp3) is 0.667. The first-order valence-electron chi connectivity index (χ1n) is 6.06. The van der Waals surface area contributed by atoms with Crippen LogP contribution < -0.4 is 4.74 Å². The zero-order valence-corrected chi connectivity index (χ0v) is 12.1. The summed E-state index contributed by atoms with van der Waals surface area (Å²) in [6.45, 7) is 9.14. The van der Waals surface area contributed by atoms with Gasteiger partial charge < -0.3 is 4.74 Å². The summed E-state index contributed by atoms with van der Waals surface area (Å²) in [5.74, 6) is 0.744. The quantitative estimate of drug-likeness (QED) is 0.771. The standard InChI is InChI=1S/C12H19N3O2S/c1-9(14-18(16)12(2,3)4)10-8-13-15-6-5-7-17-11(10)15/h8H,5-7H2,1-4H3/t18-/m1/s1. The van der Waals surface area contributed by atoms with Gasteiger partial charge in [-0.15, -0.1) is 0 Å². The van der Waals surface area contributed by atoms with Gasteiger partial charge in [0, 0.05) is 13.0 Å². The Balaban J connectivity index is 2.29. The summed E-state index contributed by atoms with van der Waals surface area (Å²) in [6, 6.07) is 0. The smallest absolute Gasteiger partial charge is 0.221 e. The van der Waals surface area contributed by atoms with Crippen molar-refractivity contribution in [1.29, 1.82) is 0 Å². The van der Waals surface area contributed by atoms with E-state index in [1.54, 1.807) is 6.20 Å². The Kier molecular flexibility index (Phi) is 3.56. The van der Waals surface area contributed by atoms with Crippen molar-refractivity contribution in [3.8, 4) is 5.88 Å². The third-order valence-electron chi connectivity index (χ3n) is 2.68. The molecule has 0 aliphatic carbocycles. The van der Waals surface area contributed by atoms with E-state index in [9.17, 15) is 4.21 Å². The molecule has 0 radical (unpaired) electrons. The van der Waals surface area contributed by atoms with E-state index >= 15 is 0 Å². The molecule has 0 amide bonds. The van der Waals surface area contributed by atoms with Gasteiger partial charge >= 0.3 is 0 Å². The van der Waals surface area contributed by atoms with Crippen LogP contribution in [0.2, 0.25) is 0 Å². The first-order chi connectivity index (χ1) is 8.39. The lowest BCUT2D eigenvalue weighted by Gasteiger charge is -2.17. The number of ether oxygens (including phenoxy) is 1. The summed E-state index contributed by atoms with van der Waals surface area (Å²) >= 11 is 0. The molecular weight excluding hydrogens is 250 g/mol. The van der Waals surface area contributed by atoms with E-state index in [0.717, 1.165) is 24.4 Å². The highest BCUT2D eigenvalue weighted by Gasteiger charge is 2.22. The first-order valence-corrected chi connectivity index (χ1v) is 7.16. The molecule has 1 aliphatic rings. The monoisotopic (exact) mass is 269 g/mol. The maximum atomic E-state index is 12.0. The van der Waals surface area contributed by atoms with Crippen LogP contribution in [-0.4, -0.2) is 31.1 Å². The molecule has 0 spiro atoms. The lowest BCUT2D eigenvalue weighted by Crippen LogP contribution is -2.21. The van der Waals surface area contributed by atoms with Crippen molar-refractivity contribution in [2.75, 3.05) is 6.61 Å². The minimum atomic E-state index is -1.26. The predicted octanol–water partition coefficient (Wildman–Crippen LogP) is 1.94. The van der Waals surface area contributed by atoms with Gasteiger partial charge in [-0.3, -0.25) is 0 Å². The Bertz CT molecular complexity index is 500. The Morgan fingerprint density at radius 1 is 1.56 bits per heavy atom. The van der Waals surface area contributed by atoms with Crippen LogP contribution >= 0.6 is 0 Å². The number of aromatic nitrogens is 2. The van der Waals surface area contributed by atoms with E-state index in [-0.39, 0.29) is 4.75 Å². The Hall–Kier alpha value is -1.17. The van der Waals surface area contributed by atoms with Crippen molar-refractivity contribution >= 4 is 16.7 Å². The number of hydrogen-bond donors (Lipinski definition) is 0. The topological polar surface area (TPSA) is 56.5 Å². The summed E-state index contributed by atoms with van der Waals surface area (Å²) in [6.07, 6.45) is 2.71. The van der Waals surface area contributed by atoms with Crippen molar-refractivity contribution in [3.05, 3.63) is 11.8 Å². The third-order valence-corrected chi connectivity index (χ3v) is 4.16. The molecule has 0 N–H and O–H groups in total. The Labute approximate surface area is 110 Å². The van der Waals surface area contributed by atoms with Gasteiger partial charge in [-0.2, -0.15) is 9.50 Å². The van der Waals surface area contributed by atoms with E-state index in [0.29, 0.717) is 12.3 Å². The van der Waals surface area contributed by atoms with Crippen molar-refractivity contribution in [1.82, 2.24) is 9.78 Å². The molecule has 100 valence electrons. The fourth-order valence-electron chi connectivity index (χ4n) is 1.63. The highest BCUT2D eigenvalue weighted by molar-refractivity contribution is 7.85. The fourth-order valence-corrected chi connectivity index (χ4v) is 2.25. The zero-order valence-electron chi connectivity index (χ0n) is 11.3. The van der Waals surface area contributed by atoms with Crippen LogP contribution in [0.1, 0.15) is 39.7 Å². The molecule has 2 rings (SSSR count). The van der Waals surface area contributed by atoms with E-state index in [2.05, 4.69) is 9.50 Å². The van der Waals surface area contributed by atoms with Crippen LogP contribution in [0.15, 0.2) is 10.6 Å². The number of fused-ring (bicyclic) bond motifs is 1. The third kappa shape index (κ3) is 2.63. The maximum absolute atomic E-state index is 12.0. The molecule has 2 heterocycles. The van der Waals surface area contributed by atoms with Crippen molar-refractivity contribution in [2.45, 2.75) is 45.4 Å². The SMILES string of the molecule is CC(=N[S@](=O)C(C)(C)C)c1cnn2c1OCCC2. The van der Waals surface area contributed by atoms with E-state index in [1.807, 2.05) is 32.4 Å². The van der Waals surface area contributed by atoms with Gasteiger partial charge in [0.2, 0.25) is 5.88 Å². The van der Waals surface area contributed by atoms with Gasteiger partial charge in [0.1, 0.15) is 11.0 Å². The number of rotatable bonds is 2. The summed E-state index contributed by atoms with van der Waals surface area (Å²) < 4.78 is 23.3. The second-order valence-corrected chi connectivity index (χ2v) is 7.23. The molecule has 0 saturated heterocycles. The molecule has 5 nitrogen and oxygen atoms in total. The van der Waals surface area contributed by atoms with Gasteiger partial charge in [-0.25, -0.2) is 8.89 Å². The summed E-state index contributed by atoms with van der Waals surface area (Å²) in [5, 5.41) is 4.26. The van der Waals surface area contributed by atoms with E-state index < -0.39 is 11.0 Å². The average molecular weight is 269 g/mol. The highest BCUT2D eigenvalue weighted by Crippen LogP contribution is 2.24. The van der Waals surface area contributed by atoms with E-state index in [1.165, 1.54) is 0 Å². The van der Waals surface area contributed by atoms with Gasteiger partial charge in [0.25, 0.3) is 0 Å². The molecule has 18 heavy (non-hydrogen) atoms. The molecule has 0 bridgehead atoms. The summed E-state index contributed by atoms with van der Waals surface area (Å²) in [4.78, 5) is 0. The number of nitrogens with zero attached hydrogens (tertiary/aromatic N) is 3. The van der Waals surface area contributed by atoms with Crippen LogP contribution in [0, 0.1) is 0 Å². The molecular formula is C12H19N3O2S. The maximum Gasteiger partial charge on any atom is 0.221 e. The van der Waals surface area contributed by atoms with Crippen molar-refractivity contribution < 1.29 is 8.95 Å². The van der Waals surface area contributed by atoms with E-state index in [4.69, 9.17) is 4.74 Å². The predicted molar refractivity (Wildman–Crippen MR) is 72.4 cm³/mol. The van der Waals surface area contributed by atoms with Crippen LogP contribution in [0.25, 0.3) is 0 Å². The normalized spacial score (nSPS) is 18.1. The molecule has 0 unspecified atom stereocenters. The Morgan fingerprint density at radius 2 is 2.28 bits per heavy atom. The van der Waals surface area contributed by atoms with Gasteiger partial charge in [-0.05, 0) is 27.7 Å². The zero-order chi connectivity index (χ0) is 13.3. The largest absolute Gasteiger partial charge is 0.477 e. The first kappa shape index (κ1) is 13.3. The molecule has 1 aromatic heterocycles. The van der Waals surface area contributed by atoms with Gasteiger partial charge in [0.05, 0.1) is 28.8 Å². The van der Waals surface area contributed by atoms with Crippen LogP contribution in [0.3, 0.4) is 0 Å². The highest BCUT2D eigenvalue weighted by atomic mass is 32.2. The number of aryl methyl sites for hydroxylation is 1.